The molecule has 0 spiro atoms. The van der Waals surface area contributed by atoms with Gasteiger partial charge in [-0.2, -0.15) is 0 Å². The van der Waals surface area contributed by atoms with Crippen molar-refractivity contribution in [3.8, 4) is 0 Å². The van der Waals surface area contributed by atoms with Crippen molar-refractivity contribution >= 4 is 5.91 Å². The Kier molecular flexibility index (Phi) is 5.82. The molecule has 1 atom stereocenters. The zero-order valence-corrected chi connectivity index (χ0v) is 15.7. The molecule has 27 heavy (non-hydrogen) atoms. The number of carbonyl (C=O) groups is 1. The van der Waals surface area contributed by atoms with Crippen LogP contribution < -0.4 is 5.32 Å². The monoisotopic (exact) mass is 373 g/mol. The summed E-state index contributed by atoms with van der Waals surface area (Å²) in [6, 6.07) is 7.40. The molecule has 1 aromatic carbocycles. The maximum absolute atomic E-state index is 13.6. The van der Waals surface area contributed by atoms with Crippen LogP contribution in [0.25, 0.3) is 0 Å². The lowest BCUT2D eigenvalue weighted by Gasteiger charge is -2.34. The summed E-state index contributed by atoms with van der Waals surface area (Å²) in [6.07, 6.45) is 4.16. The molecule has 1 fully saturated rings. The quantitative estimate of drug-likeness (QED) is 0.843. The largest absolute Gasteiger partial charge is 0.351 e. The highest BCUT2D eigenvalue weighted by molar-refractivity contribution is 5.95. The average molecular weight is 373 g/mol. The molecule has 144 valence electrons. The zero-order chi connectivity index (χ0) is 19.4. The summed E-state index contributed by atoms with van der Waals surface area (Å²) in [4.78, 5) is 21.1. The molecule has 1 N–H and O–H groups in total. The van der Waals surface area contributed by atoms with Gasteiger partial charge in [0.05, 0.1) is 0 Å². The Balaban J connectivity index is 1.75. The number of amides is 1. The van der Waals surface area contributed by atoms with Crippen molar-refractivity contribution in [3.63, 3.8) is 0 Å². The lowest BCUT2D eigenvalue weighted by Crippen LogP contribution is -2.35. The smallest absolute Gasteiger partial charge is 0.251 e. The summed E-state index contributed by atoms with van der Waals surface area (Å²) < 4.78 is 27.2. The van der Waals surface area contributed by atoms with Gasteiger partial charge in [-0.1, -0.05) is 18.2 Å². The number of alkyl halides is 2. The number of aryl methyl sites for hydroxylation is 2. The highest BCUT2D eigenvalue weighted by atomic mass is 19.3. The molecule has 0 aliphatic heterocycles. The van der Waals surface area contributed by atoms with E-state index in [1.54, 1.807) is 25.4 Å². The van der Waals surface area contributed by atoms with Crippen LogP contribution in [0.15, 0.2) is 36.7 Å². The third-order valence-corrected chi connectivity index (χ3v) is 5.43. The number of nitrogens with one attached hydrogen (secondary N) is 1. The molecular weight excluding hydrogens is 348 g/mol. The highest BCUT2D eigenvalue weighted by Crippen LogP contribution is 2.42. The van der Waals surface area contributed by atoms with Crippen LogP contribution in [-0.2, 0) is 0 Å². The number of nitrogens with zero attached hydrogens (tertiary/aromatic N) is 2. The first-order valence-corrected chi connectivity index (χ1v) is 9.36. The third kappa shape index (κ3) is 4.87. The molecule has 1 heterocycles. The normalized spacial score (nSPS) is 18.1. The van der Waals surface area contributed by atoms with Crippen LogP contribution in [0.4, 0.5) is 8.78 Å². The van der Waals surface area contributed by atoms with Crippen molar-refractivity contribution in [1.82, 2.24) is 15.3 Å². The molecule has 0 bridgehead atoms. The Morgan fingerprint density at radius 1 is 1.19 bits per heavy atom. The second-order valence-electron chi connectivity index (χ2n) is 7.39. The van der Waals surface area contributed by atoms with Crippen molar-refractivity contribution in [3.05, 3.63) is 59.2 Å². The van der Waals surface area contributed by atoms with E-state index in [0.29, 0.717) is 30.8 Å². The Morgan fingerprint density at radius 3 is 2.44 bits per heavy atom. The summed E-state index contributed by atoms with van der Waals surface area (Å²) in [5, 5.41) is 2.99. The van der Waals surface area contributed by atoms with Crippen molar-refractivity contribution in [2.24, 2.45) is 5.92 Å². The first kappa shape index (κ1) is 19.4. The number of aromatic nitrogens is 2. The zero-order valence-electron chi connectivity index (χ0n) is 15.7. The van der Waals surface area contributed by atoms with Gasteiger partial charge in [-0.25, -0.2) is 18.7 Å². The van der Waals surface area contributed by atoms with Gasteiger partial charge in [0.25, 0.3) is 5.91 Å². The van der Waals surface area contributed by atoms with Gasteiger partial charge >= 0.3 is 0 Å². The Hall–Kier alpha value is -2.37. The van der Waals surface area contributed by atoms with E-state index in [2.05, 4.69) is 15.3 Å². The van der Waals surface area contributed by atoms with E-state index in [1.165, 1.54) is 0 Å². The Morgan fingerprint density at radius 2 is 1.81 bits per heavy atom. The van der Waals surface area contributed by atoms with Gasteiger partial charge in [-0.3, -0.25) is 4.79 Å². The molecule has 3 rings (SSSR count). The van der Waals surface area contributed by atoms with Crippen LogP contribution in [-0.4, -0.2) is 28.3 Å². The second kappa shape index (κ2) is 8.11. The molecule has 6 heteroatoms. The molecule has 2 aromatic rings. The summed E-state index contributed by atoms with van der Waals surface area (Å²) in [7, 11) is 0. The molecule has 1 aromatic heterocycles. The predicted molar refractivity (Wildman–Crippen MR) is 99.9 cm³/mol. The van der Waals surface area contributed by atoms with E-state index in [1.807, 2.05) is 25.1 Å². The van der Waals surface area contributed by atoms with E-state index < -0.39 is 5.92 Å². The number of benzene rings is 1. The van der Waals surface area contributed by atoms with Gasteiger partial charge in [0, 0.05) is 43.3 Å². The first-order chi connectivity index (χ1) is 12.9. The topological polar surface area (TPSA) is 54.9 Å². The average Bonchev–Trinajstić information content (AvgIpc) is 2.64. The summed E-state index contributed by atoms with van der Waals surface area (Å²) >= 11 is 0. The fourth-order valence-electron chi connectivity index (χ4n) is 3.74. The molecule has 1 amide bonds. The van der Waals surface area contributed by atoms with E-state index in [-0.39, 0.29) is 30.6 Å². The Bertz CT molecular complexity index is 782. The minimum Gasteiger partial charge on any atom is -0.351 e. The van der Waals surface area contributed by atoms with Gasteiger partial charge in [0.1, 0.15) is 5.82 Å². The van der Waals surface area contributed by atoms with Crippen molar-refractivity contribution in [2.45, 2.75) is 51.4 Å². The van der Waals surface area contributed by atoms with E-state index in [0.717, 1.165) is 11.1 Å². The number of carbonyl (C=O) groups excluding carboxylic acids is 1. The highest BCUT2D eigenvalue weighted by Gasteiger charge is 2.38. The van der Waals surface area contributed by atoms with Crippen LogP contribution in [0.2, 0.25) is 0 Å². The van der Waals surface area contributed by atoms with Crippen LogP contribution in [0.3, 0.4) is 0 Å². The number of rotatable bonds is 5. The molecule has 1 saturated carbocycles. The van der Waals surface area contributed by atoms with Crippen molar-refractivity contribution in [1.29, 1.82) is 0 Å². The van der Waals surface area contributed by atoms with Gasteiger partial charge in [-0.05, 0) is 49.8 Å². The number of halogens is 2. The molecule has 1 unspecified atom stereocenters. The van der Waals surface area contributed by atoms with Gasteiger partial charge < -0.3 is 5.32 Å². The van der Waals surface area contributed by atoms with Crippen molar-refractivity contribution in [2.75, 3.05) is 6.54 Å². The predicted octanol–water partition coefficient (Wildman–Crippen LogP) is 4.43. The lowest BCUT2D eigenvalue weighted by atomic mass is 9.76. The van der Waals surface area contributed by atoms with E-state index in [4.69, 9.17) is 0 Å². The summed E-state index contributed by atoms with van der Waals surface area (Å²) in [5.74, 6) is -2.05. The van der Waals surface area contributed by atoms with E-state index in [9.17, 15) is 13.6 Å². The molecule has 0 saturated heterocycles. The summed E-state index contributed by atoms with van der Waals surface area (Å²) in [6.45, 7) is 4.08. The van der Waals surface area contributed by atoms with Gasteiger partial charge in [-0.15, -0.1) is 0 Å². The molecule has 4 nitrogen and oxygen atoms in total. The number of hydrogen-bond donors (Lipinski definition) is 1. The first-order valence-electron chi connectivity index (χ1n) is 9.36. The molecular formula is C21H25F2N3O. The minimum absolute atomic E-state index is 0.0744. The molecule has 1 aliphatic rings. The SMILES string of the molecule is Cc1ncc(C(CNC(=O)c2ccccc2C)C2CCC(F)(F)CC2)cn1. The minimum atomic E-state index is -2.57. The van der Waals surface area contributed by atoms with Crippen LogP contribution >= 0.6 is 0 Å². The maximum atomic E-state index is 13.6. The standard InChI is InChI=1S/C21H25F2N3O/c1-14-5-3-4-6-18(14)20(27)26-13-19(17-11-24-15(2)25-12-17)16-7-9-21(22,23)10-8-16/h3-6,11-12,16,19H,7-10,13H2,1-2H3,(H,26,27). The van der Waals surface area contributed by atoms with Crippen LogP contribution in [0.5, 0.6) is 0 Å². The van der Waals surface area contributed by atoms with E-state index >= 15 is 0 Å². The fourth-order valence-corrected chi connectivity index (χ4v) is 3.74. The number of hydrogen-bond acceptors (Lipinski definition) is 3. The van der Waals surface area contributed by atoms with Crippen LogP contribution in [0, 0.1) is 19.8 Å². The Labute approximate surface area is 158 Å². The summed E-state index contributed by atoms with van der Waals surface area (Å²) in [5.41, 5.74) is 2.43. The van der Waals surface area contributed by atoms with Gasteiger partial charge in [0.2, 0.25) is 5.92 Å². The van der Waals surface area contributed by atoms with Crippen LogP contribution in [0.1, 0.15) is 58.9 Å². The third-order valence-electron chi connectivity index (χ3n) is 5.43. The fraction of sp³-hybridized carbons (Fsp3) is 0.476. The maximum Gasteiger partial charge on any atom is 0.251 e. The van der Waals surface area contributed by atoms with Crippen molar-refractivity contribution < 1.29 is 13.6 Å². The second-order valence-corrected chi connectivity index (χ2v) is 7.39. The molecule has 1 aliphatic carbocycles. The molecule has 0 radical (unpaired) electrons. The lowest BCUT2D eigenvalue weighted by molar-refractivity contribution is -0.0485. The van der Waals surface area contributed by atoms with Gasteiger partial charge in [0.15, 0.2) is 0 Å².